The highest BCUT2D eigenvalue weighted by Gasteiger charge is 2.46. The molecule has 0 radical (unpaired) electrons. The van der Waals surface area contributed by atoms with Crippen LogP contribution >= 0.6 is 11.6 Å². The van der Waals surface area contributed by atoms with Crippen LogP contribution in [0.1, 0.15) is 56.4 Å². The molecule has 8 nitrogen and oxygen atoms in total. The van der Waals surface area contributed by atoms with Gasteiger partial charge in [0.2, 0.25) is 5.91 Å². The van der Waals surface area contributed by atoms with Crippen molar-refractivity contribution in [3.63, 3.8) is 0 Å². The van der Waals surface area contributed by atoms with E-state index in [0.29, 0.717) is 35.6 Å². The van der Waals surface area contributed by atoms with Gasteiger partial charge in [0.05, 0.1) is 35.7 Å². The van der Waals surface area contributed by atoms with Crippen molar-refractivity contribution in [2.45, 2.75) is 51.4 Å². The second kappa shape index (κ2) is 12.1. The number of halogens is 4. The Kier molecular flexibility index (Phi) is 9.03. The molecule has 1 aromatic carbocycles. The third kappa shape index (κ3) is 6.47. The van der Waals surface area contributed by atoms with E-state index in [1.807, 2.05) is 6.92 Å². The normalized spacial score (nSPS) is 17.9. The largest absolute Gasteiger partial charge is 0.413 e. The zero-order valence-corrected chi connectivity index (χ0v) is 23.3. The first-order valence-corrected chi connectivity index (χ1v) is 13.4. The molecule has 1 aliphatic rings. The number of nitrogens with zero attached hydrogens (tertiary/aromatic N) is 5. The lowest BCUT2D eigenvalue weighted by Gasteiger charge is -2.32. The lowest BCUT2D eigenvalue weighted by Crippen LogP contribution is -2.43. The van der Waals surface area contributed by atoms with Gasteiger partial charge in [0.15, 0.2) is 11.7 Å². The van der Waals surface area contributed by atoms with Gasteiger partial charge in [-0.05, 0) is 50.6 Å². The summed E-state index contributed by atoms with van der Waals surface area (Å²) in [7, 11) is 2.81. The molecule has 1 aliphatic heterocycles. The fourth-order valence-corrected chi connectivity index (χ4v) is 5.29. The van der Waals surface area contributed by atoms with Crippen molar-refractivity contribution in [3.05, 3.63) is 52.9 Å². The first-order valence-electron chi connectivity index (χ1n) is 13.0. The standard InChI is InChI=1S/C27H34ClF3N6O2/c1-5-6-12-36-13-11-19(15-36)26(38)35(3)24(27(29,30)31)18-7-9-20(10-8-18)33-21-14-32-37-16-22(28)34-25(37)23(21)17(2)39-4/h7-10,14,16-17,19,24,33H,5-6,11-13,15H2,1-4H3/t17-,19?,24-/m0/s1. The number of imidazole rings is 1. The first-order chi connectivity index (χ1) is 18.5. The molecule has 0 saturated carbocycles. The van der Waals surface area contributed by atoms with E-state index >= 15 is 0 Å². The molecule has 1 unspecified atom stereocenters. The predicted octanol–water partition coefficient (Wildman–Crippen LogP) is 6.02. The van der Waals surface area contributed by atoms with Crippen LogP contribution in [0.4, 0.5) is 24.5 Å². The highest BCUT2D eigenvalue weighted by Crippen LogP contribution is 2.39. The van der Waals surface area contributed by atoms with Crippen molar-refractivity contribution in [1.29, 1.82) is 0 Å². The van der Waals surface area contributed by atoms with Gasteiger partial charge < -0.3 is 19.9 Å². The second-order valence-electron chi connectivity index (χ2n) is 9.96. The van der Waals surface area contributed by atoms with Crippen molar-refractivity contribution in [3.8, 4) is 0 Å². The van der Waals surface area contributed by atoms with Gasteiger partial charge in [-0.3, -0.25) is 4.79 Å². The maximum atomic E-state index is 14.3. The third-order valence-electron chi connectivity index (χ3n) is 7.26. The van der Waals surface area contributed by atoms with Crippen LogP contribution in [0, 0.1) is 5.92 Å². The molecule has 1 amide bonds. The molecular formula is C27H34ClF3N6O2. The van der Waals surface area contributed by atoms with E-state index < -0.39 is 24.0 Å². The van der Waals surface area contributed by atoms with Crippen molar-refractivity contribution in [1.82, 2.24) is 24.4 Å². The van der Waals surface area contributed by atoms with Crippen LogP contribution in [0.2, 0.25) is 5.15 Å². The van der Waals surface area contributed by atoms with Gasteiger partial charge in [-0.2, -0.15) is 18.3 Å². The number of benzene rings is 1. The molecule has 0 bridgehead atoms. The number of aromatic nitrogens is 3. The number of methoxy groups -OCH3 is 1. The number of nitrogens with one attached hydrogen (secondary N) is 1. The molecule has 39 heavy (non-hydrogen) atoms. The zero-order chi connectivity index (χ0) is 28.3. The van der Waals surface area contributed by atoms with Crippen molar-refractivity contribution >= 4 is 34.5 Å². The van der Waals surface area contributed by atoms with Gasteiger partial charge in [-0.15, -0.1) is 0 Å². The van der Waals surface area contributed by atoms with Crippen molar-refractivity contribution < 1.29 is 22.7 Å². The maximum absolute atomic E-state index is 14.3. The van der Waals surface area contributed by atoms with Crippen LogP contribution in [0.3, 0.4) is 0 Å². The molecule has 2 aromatic heterocycles. The number of hydrogen-bond donors (Lipinski definition) is 1. The molecule has 3 aromatic rings. The Morgan fingerprint density at radius 2 is 2.03 bits per heavy atom. The number of ether oxygens (including phenoxy) is 1. The number of hydrogen-bond acceptors (Lipinski definition) is 6. The fraction of sp³-hybridized carbons (Fsp3) is 0.519. The minimum atomic E-state index is -4.63. The summed E-state index contributed by atoms with van der Waals surface area (Å²) in [6.45, 7) is 6.03. The summed E-state index contributed by atoms with van der Waals surface area (Å²) < 4.78 is 49.8. The van der Waals surface area contributed by atoms with Crippen molar-refractivity contribution in [2.24, 2.45) is 5.92 Å². The number of carbonyl (C=O) groups is 1. The molecular weight excluding hydrogens is 533 g/mol. The smallest absolute Gasteiger partial charge is 0.377 e. The Bertz CT molecular complexity index is 1280. The molecule has 0 spiro atoms. The summed E-state index contributed by atoms with van der Waals surface area (Å²) in [5.74, 6) is -0.910. The highest BCUT2D eigenvalue weighted by molar-refractivity contribution is 6.29. The van der Waals surface area contributed by atoms with E-state index in [1.165, 1.54) is 23.7 Å². The van der Waals surface area contributed by atoms with E-state index in [1.54, 1.807) is 31.6 Å². The van der Waals surface area contributed by atoms with E-state index in [4.69, 9.17) is 16.3 Å². The Morgan fingerprint density at radius 1 is 1.31 bits per heavy atom. The predicted molar refractivity (Wildman–Crippen MR) is 144 cm³/mol. The lowest BCUT2D eigenvalue weighted by atomic mass is 10.0. The Morgan fingerprint density at radius 3 is 2.67 bits per heavy atom. The summed E-state index contributed by atoms with van der Waals surface area (Å²) in [5, 5.41) is 7.79. The topological polar surface area (TPSA) is 75.0 Å². The molecule has 0 aliphatic carbocycles. The summed E-state index contributed by atoms with van der Waals surface area (Å²) in [6.07, 6.45) is 0.779. The van der Waals surface area contributed by atoms with E-state index in [0.717, 1.165) is 30.8 Å². The van der Waals surface area contributed by atoms with Crippen molar-refractivity contribution in [2.75, 3.05) is 39.1 Å². The molecule has 212 valence electrons. The van der Waals surface area contributed by atoms with Crippen LogP contribution in [-0.4, -0.2) is 70.3 Å². The monoisotopic (exact) mass is 566 g/mol. The minimum Gasteiger partial charge on any atom is -0.377 e. The fourth-order valence-electron chi connectivity index (χ4n) is 5.11. The Hall–Kier alpha value is -2.89. The van der Waals surface area contributed by atoms with E-state index in [-0.39, 0.29) is 16.8 Å². The number of rotatable bonds is 10. The zero-order valence-electron chi connectivity index (χ0n) is 22.5. The first kappa shape index (κ1) is 29.1. The van der Waals surface area contributed by atoms with E-state index in [2.05, 4.69) is 27.2 Å². The SMILES string of the molecule is CCCCN1CCC(C(=O)N(C)[C@@H](c2ccc(Nc3cnn4cc(Cl)nc4c3[C@H](C)OC)cc2)C(F)(F)F)C1. The molecule has 1 N–H and O–H groups in total. The highest BCUT2D eigenvalue weighted by atomic mass is 35.5. The Labute approximate surface area is 231 Å². The summed E-state index contributed by atoms with van der Waals surface area (Å²) in [4.78, 5) is 20.5. The molecule has 1 fully saturated rings. The second-order valence-corrected chi connectivity index (χ2v) is 10.3. The van der Waals surface area contributed by atoms with Gasteiger partial charge in [-0.1, -0.05) is 37.1 Å². The molecule has 12 heteroatoms. The minimum absolute atomic E-state index is 0.0103. The summed E-state index contributed by atoms with van der Waals surface area (Å²) in [6, 6.07) is 3.85. The lowest BCUT2D eigenvalue weighted by molar-refractivity contribution is -0.190. The molecule has 1 saturated heterocycles. The van der Waals surface area contributed by atoms with Gasteiger partial charge in [-0.25, -0.2) is 9.50 Å². The number of fused-ring (bicyclic) bond motifs is 1. The van der Waals surface area contributed by atoms with Gasteiger partial charge >= 0.3 is 6.18 Å². The average Bonchev–Trinajstić information content (AvgIpc) is 3.52. The average molecular weight is 567 g/mol. The van der Waals surface area contributed by atoms with Gasteiger partial charge in [0.1, 0.15) is 5.15 Å². The summed E-state index contributed by atoms with van der Waals surface area (Å²) in [5.41, 5.74) is 2.33. The van der Waals surface area contributed by atoms with Crippen LogP contribution in [-0.2, 0) is 9.53 Å². The number of carbonyl (C=O) groups excluding carboxylic acids is 1. The number of alkyl halides is 3. The quantitative estimate of drug-likeness (QED) is 0.324. The third-order valence-corrected chi connectivity index (χ3v) is 7.44. The van der Waals surface area contributed by atoms with Crippen LogP contribution < -0.4 is 5.32 Å². The Balaban J connectivity index is 1.55. The molecule has 3 atom stereocenters. The van der Waals surface area contributed by atoms with Gasteiger partial charge in [0.25, 0.3) is 0 Å². The van der Waals surface area contributed by atoms with Crippen LogP contribution in [0.15, 0.2) is 36.7 Å². The number of anilines is 2. The number of unbranched alkanes of at least 4 members (excludes halogenated alkanes) is 1. The molecule has 3 heterocycles. The van der Waals surface area contributed by atoms with Gasteiger partial charge in [0, 0.05) is 26.4 Å². The van der Waals surface area contributed by atoms with Crippen LogP contribution in [0.5, 0.6) is 0 Å². The maximum Gasteiger partial charge on any atom is 0.413 e. The summed E-state index contributed by atoms with van der Waals surface area (Å²) >= 11 is 6.06. The number of likely N-dealkylation sites (tertiary alicyclic amines) is 1. The van der Waals surface area contributed by atoms with E-state index in [9.17, 15) is 18.0 Å². The molecule has 4 rings (SSSR count). The number of amides is 1. The van der Waals surface area contributed by atoms with Crippen LogP contribution in [0.25, 0.3) is 5.65 Å².